The van der Waals surface area contributed by atoms with E-state index in [-0.39, 0.29) is 0 Å². The van der Waals surface area contributed by atoms with Gasteiger partial charge in [-0.3, -0.25) is 9.80 Å². The van der Waals surface area contributed by atoms with Gasteiger partial charge in [0, 0.05) is 24.3 Å². The zero-order valence-corrected chi connectivity index (χ0v) is 12.8. The molecule has 0 saturated carbocycles. The van der Waals surface area contributed by atoms with Gasteiger partial charge in [0.05, 0.1) is 0 Å². The van der Waals surface area contributed by atoms with E-state index in [4.69, 9.17) is 5.73 Å². The number of hydrogen-bond donors (Lipinski definition) is 1. The summed E-state index contributed by atoms with van der Waals surface area (Å²) >= 11 is 0. The summed E-state index contributed by atoms with van der Waals surface area (Å²) < 4.78 is 0. The summed E-state index contributed by atoms with van der Waals surface area (Å²) in [5.74, 6) is 0. The van der Waals surface area contributed by atoms with Crippen LogP contribution in [0.3, 0.4) is 0 Å². The van der Waals surface area contributed by atoms with Gasteiger partial charge in [0.25, 0.3) is 0 Å². The molecule has 1 heterocycles. The van der Waals surface area contributed by atoms with E-state index in [1.165, 1.54) is 56.4 Å². The molecule has 3 rings (SSSR count). The summed E-state index contributed by atoms with van der Waals surface area (Å²) in [4.78, 5) is 5.20. The molecule has 2 N–H and O–H groups in total. The zero-order valence-electron chi connectivity index (χ0n) is 12.8. The number of likely N-dealkylation sites (tertiary alicyclic amines) is 1. The largest absolute Gasteiger partial charge is 0.399 e. The van der Waals surface area contributed by atoms with E-state index in [1.54, 1.807) is 0 Å². The molecular formula is C17H27N3. The minimum atomic E-state index is 0.588. The Bertz CT molecular complexity index is 471. The molecule has 0 amide bonds. The van der Waals surface area contributed by atoms with Crippen molar-refractivity contribution in [1.29, 1.82) is 0 Å². The highest BCUT2D eigenvalue weighted by Crippen LogP contribution is 2.36. The monoisotopic (exact) mass is 273 g/mol. The molecule has 20 heavy (non-hydrogen) atoms. The number of nitrogen functional groups attached to an aromatic ring is 1. The summed E-state index contributed by atoms with van der Waals surface area (Å²) in [5, 5.41) is 0. The van der Waals surface area contributed by atoms with Gasteiger partial charge in [0.2, 0.25) is 0 Å². The van der Waals surface area contributed by atoms with Gasteiger partial charge in [-0.25, -0.2) is 0 Å². The molecule has 0 bridgehead atoms. The van der Waals surface area contributed by atoms with Crippen LogP contribution >= 0.6 is 0 Å². The topological polar surface area (TPSA) is 32.5 Å². The predicted molar refractivity (Wildman–Crippen MR) is 84.8 cm³/mol. The van der Waals surface area contributed by atoms with Gasteiger partial charge in [-0.15, -0.1) is 0 Å². The quantitative estimate of drug-likeness (QED) is 0.856. The van der Waals surface area contributed by atoms with Crippen LogP contribution in [-0.2, 0) is 6.42 Å². The summed E-state index contributed by atoms with van der Waals surface area (Å²) in [7, 11) is 2.29. The first-order chi connectivity index (χ1) is 9.69. The summed E-state index contributed by atoms with van der Waals surface area (Å²) in [6.45, 7) is 5.96. The number of rotatable bonds is 4. The molecule has 1 fully saturated rings. The molecule has 0 spiro atoms. The van der Waals surface area contributed by atoms with Crippen molar-refractivity contribution >= 4 is 5.69 Å². The minimum absolute atomic E-state index is 0.588. The number of nitrogens with zero attached hydrogens (tertiary/aromatic N) is 2. The van der Waals surface area contributed by atoms with Crippen molar-refractivity contribution in [2.24, 2.45) is 0 Å². The van der Waals surface area contributed by atoms with Crippen LogP contribution in [0, 0.1) is 0 Å². The van der Waals surface area contributed by atoms with Crippen LogP contribution in [0.4, 0.5) is 5.69 Å². The van der Waals surface area contributed by atoms with Crippen molar-refractivity contribution in [2.45, 2.75) is 44.7 Å². The maximum Gasteiger partial charge on any atom is 0.0351 e. The molecule has 3 nitrogen and oxygen atoms in total. The predicted octanol–water partition coefficient (Wildman–Crippen LogP) is 2.67. The SMILES string of the molecule is CCN1CCCC1CN(C)C1CCc2cc(N)ccc21. The third-order valence-corrected chi connectivity index (χ3v) is 5.15. The van der Waals surface area contributed by atoms with Crippen LogP contribution in [0.25, 0.3) is 0 Å². The van der Waals surface area contributed by atoms with Crippen LogP contribution in [0.5, 0.6) is 0 Å². The van der Waals surface area contributed by atoms with Gasteiger partial charge in [-0.1, -0.05) is 13.0 Å². The van der Waals surface area contributed by atoms with Gasteiger partial charge in [-0.2, -0.15) is 0 Å². The number of likely N-dealkylation sites (N-methyl/N-ethyl adjacent to an activating group) is 2. The Morgan fingerprint density at radius 3 is 3.00 bits per heavy atom. The molecule has 0 radical (unpaired) electrons. The van der Waals surface area contributed by atoms with E-state index in [9.17, 15) is 0 Å². The first-order valence-corrected chi connectivity index (χ1v) is 8.01. The zero-order chi connectivity index (χ0) is 14.1. The molecule has 2 aliphatic rings. The third kappa shape index (κ3) is 2.57. The fourth-order valence-corrected chi connectivity index (χ4v) is 4.05. The minimum Gasteiger partial charge on any atom is -0.399 e. The van der Waals surface area contributed by atoms with Crippen molar-refractivity contribution in [1.82, 2.24) is 9.80 Å². The lowest BCUT2D eigenvalue weighted by atomic mass is 10.1. The first kappa shape index (κ1) is 13.9. The second kappa shape index (κ2) is 5.74. The molecule has 1 aromatic rings. The average Bonchev–Trinajstić information content (AvgIpc) is 3.04. The number of fused-ring (bicyclic) bond motifs is 1. The van der Waals surface area contributed by atoms with Crippen LogP contribution in [0.2, 0.25) is 0 Å². The lowest BCUT2D eigenvalue weighted by Crippen LogP contribution is -2.39. The first-order valence-electron chi connectivity index (χ1n) is 8.01. The smallest absolute Gasteiger partial charge is 0.0351 e. The van der Waals surface area contributed by atoms with Crippen molar-refractivity contribution in [3.8, 4) is 0 Å². The van der Waals surface area contributed by atoms with Crippen LogP contribution in [-0.4, -0.2) is 42.5 Å². The maximum absolute atomic E-state index is 5.90. The average molecular weight is 273 g/mol. The third-order valence-electron chi connectivity index (χ3n) is 5.15. The molecule has 1 aliphatic heterocycles. The molecule has 2 unspecified atom stereocenters. The van der Waals surface area contributed by atoms with Crippen LogP contribution < -0.4 is 5.73 Å². The highest BCUT2D eigenvalue weighted by molar-refractivity contribution is 5.47. The lowest BCUT2D eigenvalue weighted by Gasteiger charge is -2.31. The molecule has 1 aliphatic carbocycles. The van der Waals surface area contributed by atoms with Crippen LogP contribution in [0.15, 0.2) is 18.2 Å². The Labute approximate surface area is 122 Å². The lowest BCUT2D eigenvalue weighted by molar-refractivity contribution is 0.163. The van der Waals surface area contributed by atoms with Gasteiger partial charge >= 0.3 is 0 Å². The number of hydrogen-bond acceptors (Lipinski definition) is 3. The van der Waals surface area contributed by atoms with E-state index >= 15 is 0 Å². The molecule has 110 valence electrons. The summed E-state index contributed by atoms with van der Waals surface area (Å²) in [5.41, 5.74) is 9.76. The van der Waals surface area contributed by atoms with Crippen molar-refractivity contribution < 1.29 is 0 Å². The normalized spacial score (nSPS) is 26.4. The van der Waals surface area contributed by atoms with E-state index in [2.05, 4.69) is 42.0 Å². The van der Waals surface area contributed by atoms with E-state index in [0.29, 0.717) is 6.04 Å². The van der Waals surface area contributed by atoms with Crippen molar-refractivity contribution in [3.05, 3.63) is 29.3 Å². The summed E-state index contributed by atoms with van der Waals surface area (Å²) in [6, 6.07) is 7.80. The second-order valence-electron chi connectivity index (χ2n) is 6.38. The molecular weight excluding hydrogens is 246 g/mol. The molecule has 1 aromatic carbocycles. The Morgan fingerprint density at radius 1 is 1.35 bits per heavy atom. The van der Waals surface area contributed by atoms with Crippen LogP contribution in [0.1, 0.15) is 43.4 Å². The number of benzene rings is 1. The second-order valence-corrected chi connectivity index (χ2v) is 6.38. The molecule has 1 saturated heterocycles. The highest BCUT2D eigenvalue weighted by atomic mass is 15.2. The van der Waals surface area contributed by atoms with Gasteiger partial charge < -0.3 is 5.73 Å². The number of aryl methyl sites for hydroxylation is 1. The Morgan fingerprint density at radius 2 is 2.20 bits per heavy atom. The Balaban J connectivity index is 1.69. The van der Waals surface area contributed by atoms with Gasteiger partial charge in [0.1, 0.15) is 0 Å². The molecule has 2 atom stereocenters. The fourth-order valence-electron chi connectivity index (χ4n) is 4.05. The van der Waals surface area contributed by atoms with Crippen molar-refractivity contribution in [3.63, 3.8) is 0 Å². The van der Waals surface area contributed by atoms with Gasteiger partial charge in [-0.05, 0) is 69.1 Å². The molecule has 3 heteroatoms. The highest BCUT2D eigenvalue weighted by Gasteiger charge is 2.30. The Kier molecular flexibility index (Phi) is 3.99. The maximum atomic E-state index is 5.90. The Hall–Kier alpha value is -1.06. The number of anilines is 1. The van der Waals surface area contributed by atoms with E-state index in [0.717, 1.165) is 11.7 Å². The fraction of sp³-hybridized carbons (Fsp3) is 0.647. The number of nitrogens with two attached hydrogens (primary N) is 1. The molecule has 0 aromatic heterocycles. The van der Waals surface area contributed by atoms with E-state index in [1.807, 2.05) is 0 Å². The summed E-state index contributed by atoms with van der Waals surface area (Å²) in [6.07, 6.45) is 5.15. The van der Waals surface area contributed by atoms with Gasteiger partial charge in [0.15, 0.2) is 0 Å². The standard InChI is InChI=1S/C17H27N3/c1-3-20-10-4-5-15(20)12-19(2)17-9-6-13-11-14(18)7-8-16(13)17/h7-8,11,15,17H,3-6,9-10,12,18H2,1-2H3. The van der Waals surface area contributed by atoms with E-state index < -0.39 is 0 Å². The van der Waals surface area contributed by atoms with Crippen molar-refractivity contribution in [2.75, 3.05) is 32.4 Å².